The molecule has 1 N–H and O–H groups in total. The molecule has 100 valence electrons. The van der Waals surface area contributed by atoms with Gasteiger partial charge in [-0.05, 0) is 48.5 Å². The number of carbonyl (C=O) groups excluding carboxylic acids is 1. The van der Waals surface area contributed by atoms with E-state index in [0.717, 1.165) is 24.8 Å². The fourth-order valence-electron chi connectivity index (χ4n) is 4.50. The Hall–Kier alpha value is -0.830. The predicted molar refractivity (Wildman–Crippen MR) is 67.7 cm³/mol. The summed E-state index contributed by atoms with van der Waals surface area (Å²) in [7, 11) is 0. The Morgan fingerprint density at radius 1 is 1.56 bits per heavy atom. The molecule has 0 aromatic carbocycles. The predicted octanol–water partition coefficient (Wildman–Crippen LogP) is 2.29. The lowest BCUT2D eigenvalue weighted by Crippen LogP contribution is -2.65. The number of aliphatic hydroxyl groups is 1. The third-order valence-corrected chi connectivity index (χ3v) is 5.63. The third kappa shape index (κ3) is 1.37. The van der Waals surface area contributed by atoms with Gasteiger partial charge in [0.2, 0.25) is 0 Å². The van der Waals surface area contributed by atoms with E-state index in [1.807, 2.05) is 0 Å². The minimum atomic E-state index is -0.768. The molecule has 0 spiro atoms. The van der Waals surface area contributed by atoms with Crippen molar-refractivity contribution in [1.29, 1.82) is 0 Å². The second-order valence-corrected chi connectivity index (χ2v) is 6.34. The van der Waals surface area contributed by atoms with Crippen molar-refractivity contribution >= 4 is 5.97 Å². The fourth-order valence-corrected chi connectivity index (χ4v) is 4.50. The molecule has 6 unspecified atom stereocenters. The standard InChI is InChI=1S/C15H22O3/c1-4-13(16)18-15-7-11-5-10(9(15)3)6-12(8(11)2)14(15)17/h8,10-12,14,17H,3-7H2,1-2H3. The zero-order valence-electron chi connectivity index (χ0n) is 11.2. The van der Waals surface area contributed by atoms with Crippen LogP contribution in [-0.4, -0.2) is 22.8 Å². The lowest BCUT2D eigenvalue weighted by Gasteiger charge is -2.62. The molecule has 0 aromatic rings. The monoisotopic (exact) mass is 250 g/mol. The molecule has 4 aliphatic carbocycles. The van der Waals surface area contributed by atoms with Crippen LogP contribution in [0, 0.1) is 23.7 Å². The van der Waals surface area contributed by atoms with Gasteiger partial charge in [0.25, 0.3) is 0 Å². The summed E-state index contributed by atoms with van der Waals surface area (Å²) in [6.45, 7) is 8.17. The summed E-state index contributed by atoms with van der Waals surface area (Å²) < 4.78 is 5.68. The highest BCUT2D eigenvalue weighted by Crippen LogP contribution is 2.61. The summed E-state index contributed by atoms with van der Waals surface area (Å²) >= 11 is 0. The maximum absolute atomic E-state index is 11.7. The molecule has 18 heavy (non-hydrogen) atoms. The van der Waals surface area contributed by atoms with Crippen LogP contribution in [0.2, 0.25) is 0 Å². The summed E-state index contributed by atoms with van der Waals surface area (Å²) in [4.78, 5) is 11.7. The highest BCUT2D eigenvalue weighted by Gasteiger charge is 2.63. The Bertz CT molecular complexity index is 403. The lowest BCUT2D eigenvalue weighted by molar-refractivity contribution is -0.214. The van der Waals surface area contributed by atoms with Gasteiger partial charge in [0.1, 0.15) is 6.10 Å². The molecule has 0 radical (unpaired) electrons. The Kier molecular flexibility index (Phi) is 2.60. The Labute approximate surface area is 108 Å². The van der Waals surface area contributed by atoms with Gasteiger partial charge in [0.05, 0.1) is 0 Å². The van der Waals surface area contributed by atoms with Gasteiger partial charge in [-0.15, -0.1) is 0 Å². The van der Waals surface area contributed by atoms with E-state index in [1.54, 1.807) is 6.92 Å². The first-order valence-electron chi connectivity index (χ1n) is 7.08. The molecule has 0 saturated heterocycles. The quantitative estimate of drug-likeness (QED) is 0.604. The van der Waals surface area contributed by atoms with E-state index in [0.29, 0.717) is 24.2 Å². The van der Waals surface area contributed by atoms with Crippen LogP contribution < -0.4 is 0 Å². The summed E-state index contributed by atoms with van der Waals surface area (Å²) in [5.41, 5.74) is 0.201. The number of ether oxygens (including phenoxy) is 1. The summed E-state index contributed by atoms with van der Waals surface area (Å²) in [5, 5.41) is 10.6. The number of carbonyl (C=O) groups is 1. The maximum Gasteiger partial charge on any atom is 0.306 e. The molecule has 3 nitrogen and oxygen atoms in total. The van der Waals surface area contributed by atoms with Crippen molar-refractivity contribution in [3.05, 3.63) is 12.2 Å². The van der Waals surface area contributed by atoms with Crippen LogP contribution in [0.15, 0.2) is 12.2 Å². The van der Waals surface area contributed by atoms with E-state index in [2.05, 4.69) is 13.5 Å². The van der Waals surface area contributed by atoms with Crippen LogP contribution in [0.4, 0.5) is 0 Å². The number of esters is 1. The van der Waals surface area contributed by atoms with Crippen molar-refractivity contribution in [3.8, 4) is 0 Å². The molecule has 6 atom stereocenters. The zero-order valence-corrected chi connectivity index (χ0v) is 11.2. The highest BCUT2D eigenvalue weighted by atomic mass is 16.6. The molecule has 0 heterocycles. The smallest absolute Gasteiger partial charge is 0.306 e. The first kappa shape index (κ1) is 12.2. The van der Waals surface area contributed by atoms with Crippen molar-refractivity contribution < 1.29 is 14.6 Å². The first-order valence-corrected chi connectivity index (χ1v) is 7.08. The topological polar surface area (TPSA) is 46.5 Å². The van der Waals surface area contributed by atoms with Crippen LogP contribution >= 0.6 is 0 Å². The molecule has 4 aliphatic rings. The van der Waals surface area contributed by atoms with Gasteiger partial charge in [-0.25, -0.2) is 0 Å². The molecule has 0 amide bonds. The fraction of sp³-hybridized carbons (Fsp3) is 0.800. The molecule has 4 rings (SSSR count). The second-order valence-electron chi connectivity index (χ2n) is 6.34. The second kappa shape index (κ2) is 3.83. The van der Waals surface area contributed by atoms with Gasteiger partial charge >= 0.3 is 5.97 Å². The van der Waals surface area contributed by atoms with Gasteiger partial charge in [-0.2, -0.15) is 0 Å². The van der Waals surface area contributed by atoms with Crippen LogP contribution in [0.3, 0.4) is 0 Å². The Morgan fingerprint density at radius 2 is 2.28 bits per heavy atom. The summed E-state index contributed by atoms with van der Waals surface area (Å²) in [5.74, 6) is 1.62. The SMILES string of the molecule is C=C1C2CC3CC1(OC(=O)CC)C(O)C(C2)C3C. The van der Waals surface area contributed by atoms with Crippen LogP contribution in [0.25, 0.3) is 0 Å². The van der Waals surface area contributed by atoms with E-state index >= 15 is 0 Å². The zero-order chi connectivity index (χ0) is 13.1. The minimum Gasteiger partial charge on any atom is -0.452 e. The summed E-state index contributed by atoms with van der Waals surface area (Å²) in [6, 6.07) is 0. The van der Waals surface area contributed by atoms with Crippen molar-refractivity contribution in [3.63, 3.8) is 0 Å². The van der Waals surface area contributed by atoms with Crippen molar-refractivity contribution in [2.45, 2.75) is 51.2 Å². The molecule has 4 bridgehead atoms. The first-order chi connectivity index (χ1) is 8.49. The van der Waals surface area contributed by atoms with Crippen LogP contribution in [-0.2, 0) is 9.53 Å². The van der Waals surface area contributed by atoms with Gasteiger partial charge in [0.15, 0.2) is 5.60 Å². The Balaban J connectivity index is 1.97. The number of aliphatic hydroxyl groups excluding tert-OH is 1. The van der Waals surface area contributed by atoms with Crippen LogP contribution in [0.1, 0.15) is 39.5 Å². The van der Waals surface area contributed by atoms with Gasteiger partial charge < -0.3 is 9.84 Å². The van der Waals surface area contributed by atoms with E-state index in [9.17, 15) is 9.90 Å². The van der Waals surface area contributed by atoms with Gasteiger partial charge in [-0.3, -0.25) is 4.79 Å². The molecular weight excluding hydrogens is 228 g/mol. The van der Waals surface area contributed by atoms with E-state index in [4.69, 9.17) is 4.74 Å². The normalized spacial score (nSPS) is 49.5. The van der Waals surface area contributed by atoms with Crippen molar-refractivity contribution in [2.75, 3.05) is 0 Å². The van der Waals surface area contributed by atoms with Crippen molar-refractivity contribution in [1.82, 2.24) is 0 Å². The van der Waals surface area contributed by atoms with Crippen LogP contribution in [0.5, 0.6) is 0 Å². The minimum absolute atomic E-state index is 0.218. The number of rotatable bonds is 2. The lowest BCUT2D eigenvalue weighted by atomic mass is 9.47. The molecule has 4 saturated carbocycles. The van der Waals surface area contributed by atoms with Gasteiger partial charge in [0, 0.05) is 6.42 Å². The largest absolute Gasteiger partial charge is 0.452 e. The highest BCUT2D eigenvalue weighted by molar-refractivity contribution is 5.70. The average Bonchev–Trinajstić information content (AvgIpc) is 2.35. The maximum atomic E-state index is 11.7. The molecule has 0 aromatic heterocycles. The number of hydrogen-bond acceptors (Lipinski definition) is 3. The third-order valence-electron chi connectivity index (χ3n) is 5.63. The number of hydrogen-bond donors (Lipinski definition) is 1. The van der Waals surface area contributed by atoms with E-state index < -0.39 is 11.7 Å². The van der Waals surface area contributed by atoms with E-state index in [1.165, 1.54) is 0 Å². The summed E-state index contributed by atoms with van der Waals surface area (Å²) in [6.07, 6.45) is 2.75. The van der Waals surface area contributed by atoms with Crippen molar-refractivity contribution in [2.24, 2.45) is 23.7 Å². The molecule has 3 heteroatoms. The van der Waals surface area contributed by atoms with Gasteiger partial charge in [-0.1, -0.05) is 20.4 Å². The Morgan fingerprint density at radius 3 is 2.94 bits per heavy atom. The molecular formula is C15H22O3. The van der Waals surface area contributed by atoms with E-state index in [-0.39, 0.29) is 11.9 Å². The average molecular weight is 250 g/mol. The molecule has 4 fully saturated rings. The molecule has 0 aliphatic heterocycles.